The number of hydrogen-bond acceptors (Lipinski definition) is 7. The van der Waals surface area contributed by atoms with Crippen LogP contribution in [0.15, 0.2) is 41.1 Å². The van der Waals surface area contributed by atoms with Crippen molar-refractivity contribution >= 4 is 46.3 Å². The molecule has 0 aliphatic carbocycles. The highest BCUT2D eigenvalue weighted by Gasteiger charge is 2.18. The number of ether oxygens (including phenoxy) is 2. The molecule has 0 fully saturated rings. The highest BCUT2D eigenvalue weighted by molar-refractivity contribution is 7.99. The summed E-state index contributed by atoms with van der Waals surface area (Å²) in [5.74, 6) is 1.15. The molecule has 1 aromatic carbocycles. The molecule has 2 aromatic heterocycles. The van der Waals surface area contributed by atoms with Crippen LogP contribution in [0.1, 0.15) is 4.88 Å². The molecule has 10 heteroatoms. The number of aromatic nitrogens is 3. The first-order valence-corrected chi connectivity index (χ1v) is 10.4. The Balaban J connectivity index is 1.33. The number of nitrogens with zero attached hydrogens (tertiary/aromatic N) is 3. The summed E-state index contributed by atoms with van der Waals surface area (Å²) in [6.45, 7) is 0.922. The number of nitrogens with one attached hydrogen (secondary N) is 1. The normalized spacial score (nSPS) is 12.3. The lowest BCUT2D eigenvalue weighted by Gasteiger charge is -2.09. The molecule has 1 aliphatic heterocycles. The number of fused-ring (bicyclic) bond motifs is 1. The van der Waals surface area contributed by atoms with E-state index < -0.39 is 0 Å². The average Bonchev–Trinajstić information content (AvgIpc) is 3.40. The maximum absolute atomic E-state index is 12.3. The van der Waals surface area contributed by atoms with Crippen LogP contribution in [0.5, 0.6) is 11.5 Å². The molecular formula is C17H15ClN4O3S2. The quantitative estimate of drug-likeness (QED) is 0.585. The van der Waals surface area contributed by atoms with Gasteiger partial charge in [0, 0.05) is 23.6 Å². The Labute approximate surface area is 168 Å². The Bertz CT molecular complexity index is 946. The summed E-state index contributed by atoms with van der Waals surface area (Å²) >= 11 is 9.24. The molecule has 3 aromatic rings. The zero-order chi connectivity index (χ0) is 18.6. The third-order valence-corrected chi connectivity index (χ3v) is 6.06. The SMILES string of the molecule is O=C(CSc1nncn1CCc1cccs1)Nc1cc2c(cc1Cl)OCO2. The van der Waals surface area contributed by atoms with Crippen molar-refractivity contribution in [1.29, 1.82) is 0 Å². The van der Waals surface area contributed by atoms with Gasteiger partial charge in [-0.3, -0.25) is 4.79 Å². The lowest BCUT2D eigenvalue weighted by Crippen LogP contribution is -2.15. The van der Waals surface area contributed by atoms with Crippen molar-refractivity contribution in [2.24, 2.45) is 0 Å². The van der Waals surface area contributed by atoms with Crippen LogP contribution in [-0.2, 0) is 17.8 Å². The topological polar surface area (TPSA) is 78.3 Å². The van der Waals surface area contributed by atoms with E-state index in [0.717, 1.165) is 13.0 Å². The fourth-order valence-corrected chi connectivity index (χ4v) is 4.16. The van der Waals surface area contributed by atoms with Gasteiger partial charge in [-0.25, -0.2) is 0 Å². The number of rotatable bonds is 7. The number of benzene rings is 1. The Morgan fingerprint density at radius 3 is 3.04 bits per heavy atom. The number of hydrogen-bond donors (Lipinski definition) is 1. The Morgan fingerprint density at radius 1 is 1.37 bits per heavy atom. The molecule has 0 unspecified atom stereocenters. The molecule has 7 nitrogen and oxygen atoms in total. The molecule has 0 radical (unpaired) electrons. The number of anilines is 1. The molecule has 1 amide bonds. The van der Waals surface area contributed by atoms with Crippen LogP contribution in [-0.4, -0.2) is 33.2 Å². The maximum atomic E-state index is 12.3. The molecule has 0 spiro atoms. The van der Waals surface area contributed by atoms with E-state index in [1.807, 2.05) is 10.6 Å². The van der Waals surface area contributed by atoms with E-state index in [1.165, 1.54) is 16.6 Å². The van der Waals surface area contributed by atoms with Crippen molar-refractivity contribution in [3.63, 3.8) is 0 Å². The molecular weight excluding hydrogens is 408 g/mol. The van der Waals surface area contributed by atoms with Crippen LogP contribution in [0.3, 0.4) is 0 Å². The number of amides is 1. The third kappa shape index (κ3) is 4.37. The van der Waals surface area contributed by atoms with E-state index in [0.29, 0.717) is 27.4 Å². The van der Waals surface area contributed by atoms with Crippen molar-refractivity contribution in [3.8, 4) is 11.5 Å². The summed E-state index contributed by atoms with van der Waals surface area (Å²) in [6, 6.07) is 7.43. The van der Waals surface area contributed by atoms with Crippen LogP contribution >= 0.6 is 34.7 Å². The lowest BCUT2D eigenvalue weighted by atomic mass is 10.2. The van der Waals surface area contributed by atoms with Crippen LogP contribution < -0.4 is 14.8 Å². The molecule has 3 heterocycles. The summed E-state index contributed by atoms with van der Waals surface area (Å²) in [4.78, 5) is 13.6. The van der Waals surface area contributed by atoms with Gasteiger partial charge in [0.1, 0.15) is 6.33 Å². The van der Waals surface area contributed by atoms with Gasteiger partial charge < -0.3 is 19.4 Å². The Kier molecular flexibility index (Phi) is 5.51. The van der Waals surface area contributed by atoms with Gasteiger partial charge in [0.05, 0.1) is 16.5 Å². The van der Waals surface area contributed by atoms with Crippen LogP contribution in [0, 0.1) is 0 Å². The van der Waals surface area contributed by atoms with E-state index in [4.69, 9.17) is 21.1 Å². The first-order valence-electron chi connectivity index (χ1n) is 8.11. The van der Waals surface area contributed by atoms with Gasteiger partial charge >= 0.3 is 0 Å². The van der Waals surface area contributed by atoms with E-state index in [1.54, 1.807) is 29.8 Å². The van der Waals surface area contributed by atoms with Crippen molar-refractivity contribution in [3.05, 3.63) is 45.9 Å². The molecule has 27 heavy (non-hydrogen) atoms. The lowest BCUT2D eigenvalue weighted by molar-refractivity contribution is -0.113. The van der Waals surface area contributed by atoms with Gasteiger partial charge in [0.2, 0.25) is 12.7 Å². The third-order valence-electron chi connectivity index (χ3n) is 3.83. The van der Waals surface area contributed by atoms with E-state index >= 15 is 0 Å². The minimum absolute atomic E-state index is 0.153. The predicted octanol–water partition coefficient (Wildman–Crippen LogP) is 3.70. The van der Waals surface area contributed by atoms with Crippen molar-refractivity contribution in [2.75, 3.05) is 17.9 Å². The Morgan fingerprint density at radius 2 is 2.22 bits per heavy atom. The van der Waals surface area contributed by atoms with Crippen molar-refractivity contribution in [1.82, 2.24) is 14.8 Å². The summed E-state index contributed by atoms with van der Waals surface area (Å²) in [6.07, 6.45) is 2.59. The summed E-state index contributed by atoms with van der Waals surface area (Å²) in [5.41, 5.74) is 0.491. The fraction of sp³-hybridized carbons (Fsp3) is 0.235. The first-order chi connectivity index (χ1) is 13.2. The van der Waals surface area contributed by atoms with Gasteiger partial charge in [-0.2, -0.15) is 0 Å². The van der Waals surface area contributed by atoms with E-state index in [2.05, 4.69) is 27.0 Å². The fourth-order valence-electron chi connectivity index (χ4n) is 2.52. The van der Waals surface area contributed by atoms with Gasteiger partial charge in [0.15, 0.2) is 16.7 Å². The molecule has 0 saturated carbocycles. The standard InChI is InChI=1S/C17H15ClN4O3S2/c18-12-6-14-15(25-10-24-14)7-13(12)20-16(23)8-27-17-21-19-9-22(17)4-3-11-2-1-5-26-11/h1-2,5-7,9H,3-4,8,10H2,(H,20,23). The second-order valence-corrected chi connectivity index (χ2v) is 8.04. The van der Waals surface area contributed by atoms with Gasteiger partial charge in [0.25, 0.3) is 0 Å². The average molecular weight is 423 g/mol. The van der Waals surface area contributed by atoms with Gasteiger partial charge in [-0.1, -0.05) is 29.4 Å². The van der Waals surface area contributed by atoms with Crippen LogP contribution in [0.2, 0.25) is 5.02 Å². The second-order valence-electron chi connectivity index (χ2n) is 5.66. The molecule has 0 saturated heterocycles. The molecule has 0 atom stereocenters. The summed E-state index contributed by atoms with van der Waals surface area (Å²) < 4.78 is 12.5. The summed E-state index contributed by atoms with van der Waals surface area (Å²) in [7, 11) is 0. The largest absolute Gasteiger partial charge is 0.454 e. The monoisotopic (exact) mass is 422 g/mol. The first kappa shape index (κ1) is 18.1. The Hall–Kier alpha value is -2.23. The summed E-state index contributed by atoms with van der Waals surface area (Å²) in [5, 5.41) is 14.0. The predicted molar refractivity (Wildman–Crippen MR) is 105 cm³/mol. The van der Waals surface area contributed by atoms with Gasteiger partial charge in [-0.15, -0.1) is 21.5 Å². The van der Waals surface area contributed by atoms with Crippen LogP contribution in [0.25, 0.3) is 0 Å². The number of thiophene rings is 1. The smallest absolute Gasteiger partial charge is 0.234 e. The number of halogens is 1. The van der Waals surface area contributed by atoms with Crippen LogP contribution in [0.4, 0.5) is 5.69 Å². The number of thioether (sulfide) groups is 1. The molecule has 4 rings (SSSR count). The maximum Gasteiger partial charge on any atom is 0.234 e. The second kappa shape index (κ2) is 8.20. The van der Waals surface area contributed by atoms with Crippen molar-refractivity contribution < 1.29 is 14.3 Å². The minimum Gasteiger partial charge on any atom is -0.454 e. The van der Waals surface area contributed by atoms with E-state index in [9.17, 15) is 4.79 Å². The number of carbonyl (C=O) groups is 1. The molecule has 140 valence electrons. The highest BCUT2D eigenvalue weighted by Crippen LogP contribution is 2.39. The van der Waals surface area contributed by atoms with Crippen molar-refractivity contribution in [2.45, 2.75) is 18.1 Å². The molecule has 0 bridgehead atoms. The van der Waals surface area contributed by atoms with Gasteiger partial charge in [-0.05, 0) is 17.9 Å². The number of aryl methyl sites for hydroxylation is 2. The minimum atomic E-state index is -0.187. The zero-order valence-electron chi connectivity index (χ0n) is 14.1. The molecule has 1 aliphatic rings. The number of carbonyl (C=O) groups excluding carboxylic acids is 1. The molecule has 1 N–H and O–H groups in total. The van der Waals surface area contributed by atoms with E-state index in [-0.39, 0.29) is 18.5 Å². The highest BCUT2D eigenvalue weighted by atomic mass is 35.5. The zero-order valence-corrected chi connectivity index (χ0v) is 16.4.